The Morgan fingerprint density at radius 3 is 2.95 bits per heavy atom. The number of hydrogen-bond donors (Lipinski definition) is 2. The van der Waals surface area contributed by atoms with Crippen LogP contribution in [0.25, 0.3) is 10.9 Å². The summed E-state index contributed by atoms with van der Waals surface area (Å²) in [6, 6.07) is 7.82. The highest BCUT2D eigenvalue weighted by atomic mass is 16.1. The molecule has 0 aliphatic heterocycles. The first-order valence-electron chi connectivity index (χ1n) is 7.69. The summed E-state index contributed by atoms with van der Waals surface area (Å²) in [4.78, 5) is 15.4. The second-order valence-electron chi connectivity index (χ2n) is 5.80. The lowest BCUT2D eigenvalue weighted by atomic mass is 10.0. The van der Waals surface area contributed by atoms with Gasteiger partial charge in [-0.1, -0.05) is 37.8 Å². The van der Waals surface area contributed by atoms with Crippen LogP contribution in [0.5, 0.6) is 0 Å². The normalized spacial score (nSPS) is 15.8. The lowest BCUT2D eigenvalue weighted by Crippen LogP contribution is -2.25. The first-order chi connectivity index (χ1) is 9.84. The molecular formula is C17H22N2O. The van der Waals surface area contributed by atoms with Gasteiger partial charge in [0.05, 0.1) is 11.1 Å². The first-order valence-corrected chi connectivity index (χ1v) is 7.69. The Balaban J connectivity index is 1.52. The van der Waals surface area contributed by atoms with Crippen LogP contribution in [-0.4, -0.2) is 17.4 Å². The fourth-order valence-corrected chi connectivity index (χ4v) is 3.26. The number of rotatable bonds is 5. The fourth-order valence-electron chi connectivity index (χ4n) is 3.26. The number of hydrogen-bond acceptors (Lipinski definition) is 1. The summed E-state index contributed by atoms with van der Waals surface area (Å²) in [5.74, 6) is 0.934. The van der Waals surface area contributed by atoms with E-state index in [1.54, 1.807) is 0 Å². The molecular weight excluding hydrogens is 248 g/mol. The highest BCUT2D eigenvalue weighted by Crippen LogP contribution is 2.28. The Labute approximate surface area is 119 Å². The van der Waals surface area contributed by atoms with Crippen molar-refractivity contribution in [3.8, 4) is 0 Å². The van der Waals surface area contributed by atoms with Crippen LogP contribution >= 0.6 is 0 Å². The molecule has 1 aliphatic rings. The minimum atomic E-state index is 0.0319. The van der Waals surface area contributed by atoms with Crippen LogP contribution in [0.3, 0.4) is 0 Å². The summed E-state index contributed by atoms with van der Waals surface area (Å²) in [6.45, 7) is 0.784. The SMILES string of the molecule is O=C(NCCCC1CCCC1)c1cccc2cc[nH]c12. The van der Waals surface area contributed by atoms with Gasteiger partial charge in [-0.15, -0.1) is 0 Å². The van der Waals surface area contributed by atoms with Crippen LogP contribution in [0.1, 0.15) is 48.9 Å². The van der Waals surface area contributed by atoms with Gasteiger partial charge in [0, 0.05) is 18.1 Å². The lowest BCUT2D eigenvalue weighted by molar-refractivity contribution is 0.0954. The summed E-state index contributed by atoms with van der Waals surface area (Å²) in [5, 5.41) is 4.13. The Morgan fingerprint density at radius 2 is 2.10 bits per heavy atom. The van der Waals surface area contributed by atoms with Gasteiger partial charge in [0.25, 0.3) is 5.91 Å². The summed E-state index contributed by atoms with van der Waals surface area (Å²) < 4.78 is 0. The summed E-state index contributed by atoms with van der Waals surface area (Å²) >= 11 is 0. The third-order valence-corrected chi connectivity index (χ3v) is 4.38. The molecule has 1 aromatic carbocycles. The number of carbonyl (C=O) groups excluding carboxylic acids is 1. The van der Waals surface area contributed by atoms with Crippen molar-refractivity contribution in [2.24, 2.45) is 5.92 Å². The number of nitrogens with one attached hydrogen (secondary N) is 2. The van der Waals surface area contributed by atoms with Gasteiger partial charge in [-0.3, -0.25) is 4.79 Å². The van der Waals surface area contributed by atoms with E-state index in [0.717, 1.165) is 35.3 Å². The Kier molecular flexibility index (Phi) is 4.05. The van der Waals surface area contributed by atoms with Crippen LogP contribution in [0.2, 0.25) is 0 Å². The third-order valence-electron chi connectivity index (χ3n) is 4.38. The van der Waals surface area contributed by atoms with E-state index in [1.165, 1.54) is 32.1 Å². The molecule has 1 aromatic heterocycles. The topological polar surface area (TPSA) is 44.9 Å². The standard InChI is InChI=1S/C17H22N2O/c20-17(19-11-4-7-13-5-1-2-6-13)15-9-3-8-14-10-12-18-16(14)15/h3,8-10,12-13,18H,1-2,4-7,11H2,(H,19,20). The molecule has 0 bridgehead atoms. The number of fused-ring (bicyclic) bond motifs is 1. The molecule has 1 saturated carbocycles. The molecule has 20 heavy (non-hydrogen) atoms. The number of H-pyrrole nitrogens is 1. The maximum Gasteiger partial charge on any atom is 0.253 e. The monoisotopic (exact) mass is 270 g/mol. The number of para-hydroxylation sites is 1. The first kappa shape index (κ1) is 13.2. The molecule has 3 rings (SSSR count). The zero-order chi connectivity index (χ0) is 13.8. The molecule has 0 spiro atoms. The van der Waals surface area contributed by atoms with Crippen molar-refractivity contribution in [2.75, 3.05) is 6.54 Å². The molecule has 0 saturated heterocycles. The average Bonchev–Trinajstić information content (AvgIpc) is 3.13. The minimum absolute atomic E-state index is 0.0319. The molecule has 0 unspecified atom stereocenters. The van der Waals surface area contributed by atoms with E-state index < -0.39 is 0 Å². The predicted molar refractivity (Wildman–Crippen MR) is 81.8 cm³/mol. The third kappa shape index (κ3) is 2.87. The second kappa shape index (κ2) is 6.12. The van der Waals surface area contributed by atoms with Gasteiger partial charge in [0.1, 0.15) is 0 Å². The molecule has 1 heterocycles. The van der Waals surface area contributed by atoms with Crippen LogP contribution < -0.4 is 5.32 Å². The maximum atomic E-state index is 12.2. The number of aromatic nitrogens is 1. The molecule has 2 aromatic rings. The van der Waals surface area contributed by atoms with Gasteiger partial charge in [-0.25, -0.2) is 0 Å². The summed E-state index contributed by atoms with van der Waals surface area (Å²) in [6.07, 6.45) is 9.79. The molecule has 3 nitrogen and oxygen atoms in total. The molecule has 3 heteroatoms. The quantitative estimate of drug-likeness (QED) is 0.796. The minimum Gasteiger partial charge on any atom is -0.361 e. The van der Waals surface area contributed by atoms with E-state index in [9.17, 15) is 4.79 Å². The molecule has 0 atom stereocenters. The Bertz CT molecular complexity index is 581. The van der Waals surface area contributed by atoms with Crippen LogP contribution in [-0.2, 0) is 0 Å². The van der Waals surface area contributed by atoms with E-state index in [-0.39, 0.29) is 5.91 Å². The second-order valence-corrected chi connectivity index (χ2v) is 5.80. The van der Waals surface area contributed by atoms with Crippen molar-refractivity contribution >= 4 is 16.8 Å². The van der Waals surface area contributed by atoms with Gasteiger partial charge in [-0.05, 0) is 30.9 Å². The van der Waals surface area contributed by atoms with Gasteiger partial charge < -0.3 is 10.3 Å². The highest BCUT2D eigenvalue weighted by molar-refractivity contribution is 6.05. The van der Waals surface area contributed by atoms with E-state index in [4.69, 9.17) is 0 Å². The van der Waals surface area contributed by atoms with Crippen LogP contribution in [0, 0.1) is 5.92 Å². The van der Waals surface area contributed by atoms with Gasteiger partial charge >= 0.3 is 0 Å². The van der Waals surface area contributed by atoms with Crippen molar-refractivity contribution in [1.29, 1.82) is 0 Å². The highest BCUT2D eigenvalue weighted by Gasteiger charge is 2.14. The average molecular weight is 270 g/mol. The number of carbonyl (C=O) groups is 1. The summed E-state index contributed by atoms with van der Waals surface area (Å²) in [5.41, 5.74) is 1.68. The van der Waals surface area contributed by atoms with Crippen LogP contribution in [0.4, 0.5) is 0 Å². The van der Waals surface area contributed by atoms with Crippen molar-refractivity contribution in [1.82, 2.24) is 10.3 Å². The van der Waals surface area contributed by atoms with Crippen molar-refractivity contribution < 1.29 is 4.79 Å². The Morgan fingerprint density at radius 1 is 1.25 bits per heavy atom. The van der Waals surface area contributed by atoms with Gasteiger partial charge in [0.15, 0.2) is 0 Å². The number of amides is 1. The van der Waals surface area contributed by atoms with Gasteiger partial charge in [0.2, 0.25) is 0 Å². The van der Waals surface area contributed by atoms with Crippen molar-refractivity contribution in [3.63, 3.8) is 0 Å². The van der Waals surface area contributed by atoms with Crippen LogP contribution in [0.15, 0.2) is 30.5 Å². The molecule has 106 valence electrons. The Hall–Kier alpha value is -1.77. The summed E-state index contributed by atoms with van der Waals surface area (Å²) in [7, 11) is 0. The molecule has 2 N–H and O–H groups in total. The zero-order valence-corrected chi connectivity index (χ0v) is 11.8. The molecule has 0 radical (unpaired) electrons. The number of aromatic amines is 1. The molecule has 1 fully saturated rings. The van der Waals surface area contributed by atoms with E-state index in [2.05, 4.69) is 10.3 Å². The van der Waals surface area contributed by atoms with E-state index >= 15 is 0 Å². The molecule has 1 amide bonds. The van der Waals surface area contributed by atoms with Crippen molar-refractivity contribution in [2.45, 2.75) is 38.5 Å². The largest absolute Gasteiger partial charge is 0.361 e. The van der Waals surface area contributed by atoms with Gasteiger partial charge in [-0.2, -0.15) is 0 Å². The predicted octanol–water partition coefficient (Wildman–Crippen LogP) is 3.87. The maximum absolute atomic E-state index is 12.2. The smallest absolute Gasteiger partial charge is 0.253 e. The molecule has 1 aliphatic carbocycles. The van der Waals surface area contributed by atoms with Crippen molar-refractivity contribution in [3.05, 3.63) is 36.0 Å². The fraction of sp³-hybridized carbons (Fsp3) is 0.471. The van der Waals surface area contributed by atoms with E-state index in [0.29, 0.717) is 0 Å². The van der Waals surface area contributed by atoms with E-state index in [1.807, 2.05) is 30.5 Å². The number of benzene rings is 1. The zero-order valence-electron chi connectivity index (χ0n) is 11.8. The lowest BCUT2D eigenvalue weighted by Gasteiger charge is -2.09.